The Morgan fingerprint density at radius 3 is 2.29 bits per heavy atom. The van der Waals surface area contributed by atoms with Crippen LogP contribution in [0.3, 0.4) is 0 Å². The Balaban J connectivity index is 1.46. The van der Waals surface area contributed by atoms with E-state index in [1.54, 1.807) is 24.3 Å². The lowest BCUT2D eigenvalue weighted by atomic mass is 10.2. The number of nitrogens with one attached hydrogen (secondary N) is 1. The summed E-state index contributed by atoms with van der Waals surface area (Å²) >= 11 is 0. The maximum absolute atomic E-state index is 11.3. The van der Waals surface area contributed by atoms with Crippen LogP contribution in [0.2, 0.25) is 0 Å². The highest BCUT2D eigenvalue weighted by Crippen LogP contribution is 2.27. The highest BCUT2D eigenvalue weighted by atomic mass is 32.2. The van der Waals surface area contributed by atoms with Crippen LogP contribution in [-0.4, -0.2) is 30.9 Å². The first-order valence-corrected chi connectivity index (χ1v) is 11.0. The van der Waals surface area contributed by atoms with Crippen molar-refractivity contribution in [2.24, 2.45) is 0 Å². The molecule has 1 N–H and O–H groups in total. The molecule has 0 unspecified atom stereocenters. The molecular weight excluding hydrogens is 378 g/mol. The van der Waals surface area contributed by atoms with Crippen LogP contribution >= 0.6 is 0 Å². The number of ether oxygens (including phenoxy) is 1. The lowest BCUT2D eigenvalue weighted by Crippen LogP contribution is -2.10. The van der Waals surface area contributed by atoms with Gasteiger partial charge in [-0.3, -0.25) is 4.72 Å². The predicted octanol–water partition coefficient (Wildman–Crippen LogP) is 4.10. The fourth-order valence-corrected chi connectivity index (χ4v) is 3.80. The van der Waals surface area contributed by atoms with Gasteiger partial charge in [-0.15, -0.1) is 0 Å². The normalized spacial score (nSPS) is 14.9. The van der Waals surface area contributed by atoms with Gasteiger partial charge in [0.1, 0.15) is 5.75 Å². The lowest BCUT2D eigenvalue weighted by Gasteiger charge is -2.12. The molecule has 0 atom stereocenters. The number of nitrogens with zero attached hydrogens (tertiary/aromatic N) is 2. The summed E-state index contributed by atoms with van der Waals surface area (Å²) in [6.45, 7) is 0. The van der Waals surface area contributed by atoms with Gasteiger partial charge in [-0.05, 0) is 74.2 Å². The summed E-state index contributed by atoms with van der Waals surface area (Å²) in [4.78, 5) is 4.43. The van der Waals surface area contributed by atoms with E-state index in [9.17, 15) is 8.42 Å². The first kappa shape index (κ1) is 18.5. The highest BCUT2D eigenvalue weighted by molar-refractivity contribution is 7.92. The van der Waals surface area contributed by atoms with E-state index < -0.39 is 10.0 Å². The summed E-state index contributed by atoms with van der Waals surface area (Å²) in [5, 5.41) is 4.04. The van der Waals surface area contributed by atoms with Crippen molar-refractivity contribution >= 4 is 15.7 Å². The smallest absolute Gasteiger partial charge is 0.258 e. The molecule has 7 nitrogen and oxygen atoms in total. The molecule has 4 rings (SSSR count). The molecule has 0 aliphatic heterocycles. The third kappa shape index (κ3) is 4.51. The number of benzene rings is 2. The largest absolute Gasteiger partial charge is 0.490 e. The van der Waals surface area contributed by atoms with Crippen molar-refractivity contribution < 1.29 is 17.7 Å². The Morgan fingerprint density at radius 2 is 1.64 bits per heavy atom. The van der Waals surface area contributed by atoms with Gasteiger partial charge in [-0.2, -0.15) is 4.98 Å². The molecule has 0 saturated heterocycles. The van der Waals surface area contributed by atoms with E-state index in [0.717, 1.165) is 30.4 Å². The van der Waals surface area contributed by atoms with Gasteiger partial charge in [0, 0.05) is 16.8 Å². The summed E-state index contributed by atoms with van der Waals surface area (Å²) in [6.07, 6.45) is 6.14. The number of anilines is 1. The monoisotopic (exact) mass is 399 g/mol. The SMILES string of the molecule is CS(=O)(=O)Nc1ccc(-c2nc(-c3ccc(OC4CCCC4)cc3)no2)cc1. The summed E-state index contributed by atoms with van der Waals surface area (Å²) in [5.41, 5.74) is 2.02. The second kappa shape index (κ2) is 7.63. The number of rotatable bonds is 6. The van der Waals surface area contributed by atoms with Crippen LogP contribution in [0.1, 0.15) is 25.7 Å². The van der Waals surface area contributed by atoms with Crippen LogP contribution in [-0.2, 0) is 10.0 Å². The first-order chi connectivity index (χ1) is 13.5. The average molecular weight is 399 g/mol. The maximum atomic E-state index is 11.3. The minimum absolute atomic E-state index is 0.322. The van der Waals surface area contributed by atoms with E-state index in [4.69, 9.17) is 9.26 Å². The molecule has 0 spiro atoms. The van der Waals surface area contributed by atoms with E-state index in [1.807, 2.05) is 24.3 Å². The Morgan fingerprint density at radius 1 is 1.00 bits per heavy atom. The van der Waals surface area contributed by atoms with Crippen molar-refractivity contribution in [2.75, 3.05) is 11.0 Å². The Bertz CT molecular complexity index is 1040. The van der Waals surface area contributed by atoms with E-state index in [1.165, 1.54) is 12.8 Å². The summed E-state index contributed by atoms with van der Waals surface area (Å²) in [5.74, 6) is 1.71. The molecule has 1 aromatic heterocycles. The molecule has 3 aromatic rings. The fourth-order valence-electron chi connectivity index (χ4n) is 3.23. The van der Waals surface area contributed by atoms with Crippen molar-refractivity contribution in [3.05, 3.63) is 48.5 Å². The van der Waals surface area contributed by atoms with Crippen LogP contribution in [0.4, 0.5) is 5.69 Å². The maximum Gasteiger partial charge on any atom is 0.258 e. The van der Waals surface area contributed by atoms with E-state index in [2.05, 4.69) is 14.9 Å². The molecule has 146 valence electrons. The van der Waals surface area contributed by atoms with Gasteiger partial charge in [-0.25, -0.2) is 8.42 Å². The Kier molecular flexibility index (Phi) is 5.04. The summed E-state index contributed by atoms with van der Waals surface area (Å²) < 4.78 is 36.3. The van der Waals surface area contributed by atoms with Crippen molar-refractivity contribution in [3.8, 4) is 28.6 Å². The molecule has 1 saturated carbocycles. The second-order valence-electron chi connectivity index (χ2n) is 6.92. The minimum atomic E-state index is -3.31. The molecule has 0 bridgehead atoms. The molecule has 1 aliphatic carbocycles. The predicted molar refractivity (Wildman–Crippen MR) is 107 cm³/mol. The van der Waals surface area contributed by atoms with E-state index in [-0.39, 0.29) is 0 Å². The average Bonchev–Trinajstić information content (AvgIpc) is 3.34. The first-order valence-electron chi connectivity index (χ1n) is 9.15. The zero-order valence-corrected chi connectivity index (χ0v) is 16.3. The van der Waals surface area contributed by atoms with Crippen LogP contribution < -0.4 is 9.46 Å². The van der Waals surface area contributed by atoms with E-state index in [0.29, 0.717) is 29.1 Å². The quantitative estimate of drug-likeness (QED) is 0.671. The van der Waals surface area contributed by atoms with Gasteiger partial charge in [0.2, 0.25) is 15.8 Å². The van der Waals surface area contributed by atoms with Gasteiger partial charge in [0.05, 0.1) is 12.4 Å². The molecule has 0 amide bonds. The highest BCUT2D eigenvalue weighted by Gasteiger charge is 2.17. The summed E-state index contributed by atoms with van der Waals surface area (Å²) in [6, 6.07) is 14.4. The van der Waals surface area contributed by atoms with Crippen molar-refractivity contribution in [3.63, 3.8) is 0 Å². The minimum Gasteiger partial charge on any atom is -0.490 e. The fraction of sp³-hybridized carbons (Fsp3) is 0.300. The number of sulfonamides is 1. The molecule has 28 heavy (non-hydrogen) atoms. The van der Waals surface area contributed by atoms with Crippen molar-refractivity contribution in [1.29, 1.82) is 0 Å². The zero-order valence-electron chi connectivity index (χ0n) is 15.5. The molecule has 8 heteroatoms. The topological polar surface area (TPSA) is 94.3 Å². The third-order valence-corrected chi connectivity index (χ3v) is 5.19. The Hall–Kier alpha value is -2.87. The number of hydrogen-bond acceptors (Lipinski definition) is 6. The van der Waals surface area contributed by atoms with Crippen LogP contribution in [0.5, 0.6) is 5.75 Å². The molecule has 0 radical (unpaired) electrons. The van der Waals surface area contributed by atoms with Gasteiger partial charge in [0.15, 0.2) is 0 Å². The number of aromatic nitrogens is 2. The molecule has 1 heterocycles. The molecular formula is C20H21N3O4S. The summed E-state index contributed by atoms with van der Waals surface area (Å²) in [7, 11) is -3.31. The van der Waals surface area contributed by atoms with Gasteiger partial charge < -0.3 is 9.26 Å². The van der Waals surface area contributed by atoms with Crippen LogP contribution in [0, 0.1) is 0 Å². The van der Waals surface area contributed by atoms with Crippen LogP contribution in [0.25, 0.3) is 22.8 Å². The second-order valence-corrected chi connectivity index (χ2v) is 8.67. The molecule has 1 aliphatic rings. The third-order valence-electron chi connectivity index (χ3n) is 4.58. The standard InChI is InChI=1S/C20H21N3O4S/c1-28(24,25)23-16-10-6-15(7-11-16)20-21-19(22-27-20)14-8-12-18(13-9-14)26-17-4-2-3-5-17/h6-13,17,23H,2-5H2,1H3. The zero-order chi connectivity index (χ0) is 19.6. The number of hydrogen-bond donors (Lipinski definition) is 1. The Labute approximate surface area is 163 Å². The van der Waals surface area contributed by atoms with Crippen molar-refractivity contribution in [2.45, 2.75) is 31.8 Å². The van der Waals surface area contributed by atoms with Gasteiger partial charge >= 0.3 is 0 Å². The molecule has 1 fully saturated rings. The molecule has 2 aromatic carbocycles. The van der Waals surface area contributed by atoms with Crippen molar-refractivity contribution in [1.82, 2.24) is 10.1 Å². The van der Waals surface area contributed by atoms with Crippen LogP contribution in [0.15, 0.2) is 53.1 Å². The lowest BCUT2D eigenvalue weighted by molar-refractivity contribution is 0.210. The van der Waals surface area contributed by atoms with E-state index >= 15 is 0 Å². The van der Waals surface area contributed by atoms with Gasteiger partial charge in [0.25, 0.3) is 5.89 Å². The van der Waals surface area contributed by atoms with Gasteiger partial charge in [-0.1, -0.05) is 5.16 Å².